The molecule has 4 rings (SSSR count). The fourth-order valence-corrected chi connectivity index (χ4v) is 4.05. The Morgan fingerprint density at radius 1 is 1.04 bits per heavy atom. The number of H-pyrrole nitrogens is 1. The topological polar surface area (TPSA) is 123 Å². The molecular formula is C17H14N6O3S. The summed E-state index contributed by atoms with van der Waals surface area (Å²) in [7, 11) is -3.87. The summed E-state index contributed by atoms with van der Waals surface area (Å²) in [5, 5.41) is 14.9. The van der Waals surface area contributed by atoms with E-state index < -0.39 is 10.0 Å². The average molecular weight is 382 g/mol. The van der Waals surface area contributed by atoms with Gasteiger partial charge in [-0.3, -0.25) is 4.79 Å². The molecule has 0 atom stereocenters. The Morgan fingerprint density at radius 2 is 1.74 bits per heavy atom. The third-order valence-corrected chi connectivity index (χ3v) is 5.56. The first-order valence-corrected chi connectivity index (χ1v) is 9.40. The van der Waals surface area contributed by atoms with Gasteiger partial charge in [-0.15, -0.1) is 10.2 Å². The number of aromatic amines is 1. The Hall–Kier alpha value is -3.53. The van der Waals surface area contributed by atoms with Gasteiger partial charge in [0.25, 0.3) is 15.6 Å². The van der Waals surface area contributed by atoms with E-state index in [4.69, 9.17) is 0 Å². The van der Waals surface area contributed by atoms with Gasteiger partial charge in [-0.2, -0.15) is 13.5 Å². The normalized spacial score (nSPS) is 11.6. The zero-order chi connectivity index (χ0) is 19.0. The van der Waals surface area contributed by atoms with Crippen LogP contribution in [0, 0.1) is 6.92 Å². The molecule has 10 heteroatoms. The fraction of sp³-hybridized carbons (Fsp3) is 0.0588. The lowest BCUT2D eigenvalue weighted by atomic mass is 10.0. The molecule has 2 aromatic heterocycles. The first-order valence-electron chi connectivity index (χ1n) is 7.91. The minimum Gasteiger partial charge on any atom is -0.267 e. The van der Waals surface area contributed by atoms with E-state index >= 15 is 0 Å². The summed E-state index contributed by atoms with van der Waals surface area (Å²) in [4.78, 5) is 14.4. The lowest BCUT2D eigenvalue weighted by Gasteiger charge is -2.12. The van der Waals surface area contributed by atoms with Crippen molar-refractivity contribution in [3.63, 3.8) is 0 Å². The summed E-state index contributed by atoms with van der Waals surface area (Å²) < 4.78 is 26.7. The minimum atomic E-state index is -3.87. The summed E-state index contributed by atoms with van der Waals surface area (Å²) in [5.74, 6) is 0. The molecule has 9 nitrogen and oxygen atoms in total. The van der Waals surface area contributed by atoms with Crippen LogP contribution in [0.25, 0.3) is 22.0 Å². The lowest BCUT2D eigenvalue weighted by molar-refractivity contribution is 0.594. The van der Waals surface area contributed by atoms with Crippen LogP contribution >= 0.6 is 0 Å². The van der Waals surface area contributed by atoms with Gasteiger partial charge in [0.15, 0.2) is 0 Å². The van der Waals surface area contributed by atoms with Crippen LogP contribution in [-0.4, -0.2) is 33.5 Å². The predicted molar refractivity (Wildman–Crippen MR) is 99.1 cm³/mol. The highest BCUT2D eigenvalue weighted by atomic mass is 32.2. The van der Waals surface area contributed by atoms with E-state index in [1.54, 1.807) is 43.3 Å². The molecule has 0 unspecified atom stereocenters. The number of hydrogen-bond donors (Lipinski definition) is 2. The van der Waals surface area contributed by atoms with Gasteiger partial charge in [0, 0.05) is 10.9 Å². The average Bonchev–Trinajstić information content (AvgIpc) is 3.15. The van der Waals surface area contributed by atoms with Crippen LogP contribution in [0.5, 0.6) is 0 Å². The molecule has 0 aliphatic heterocycles. The molecule has 2 heterocycles. The van der Waals surface area contributed by atoms with Gasteiger partial charge in [0.2, 0.25) is 0 Å². The van der Waals surface area contributed by atoms with Crippen molar-refractivity contribution in [3.05, 3.63) is 71.0 Å². The Bertz CT molecular complexity index is 1300. The molecule has 2 aromatic carbocycles. The highest BCUT2D eigenvalue weighted by Crippen LogP contribution is 2.28. The maximum Gasteiger partial charge on any atom is 0.275 e. The standard InChI is InChI=1S/C17H14N6O3S/c1-11-6-7-12(8-15(11)27(25,26)22-23-9-18-19-10-23)16-13-4-2-3-5-14(13)17(24)21-20-16/h2-10,22H,1H3,(H,21,24). The van der Waals surface area contributed by atoms with Crippen molar-refractivity contribution in [3.8, 4) is 11.3 Å². The van der Waals surface area contributed by atoms with Crippen LogP contribution in [0.4, 0.5) is 0 Å². The van der Waals surface area contributed by atoms with Crippen molar-refractivity contribution in [2.75, 3.05) is 4.83 Å². The van der Waals surface area contributed by atoms with E-state index in [0.717, 1.165) is 4.68 Å². The van der Waals surface area contributed by atoms with Crippen LogP contribution in [0.1, 0.15) is 5.56 Å². The smallest absolute Gasteiger partial charge is 0.267 e. The quantitative estimate of drug-likeness (QED) is 0.550. The van der Waals surface area contributed by atoms with Crippen LogP contribution < -0.4 is 10.4 Å². The monoisotopic (exact) mass is 382 g/mol. The molecular weight excluding hydrogens is 368 g/mol. The maximum atomic E-state index is 12.8. The van der Waals surface area contributed by atoms with Crippen LogP contribution in [0.15, 0.2) is 64.8 Å². The van der Waals surface area contributed by atoms with E-state index in [1.807, 2.05) is 0 Å². The summed E-state index contributed by atoms with van der Waals surface area (Å²) in [6.07, 6.45) is 2.49. The van der Waals surface area contributed by atoms with E-state index in [1.165, 1.54) is 18.7 Å². The number of benzene rings is 2. The zero-order valence-electron chi connectivity index (χ0n) is 14.1. The molecule has 0 fully saturated rings. The van der Waals surface area contributed by atoms with Crippen LogP contribution in [0.3, 0.4) is 0 Å². The van der Waals surface area contributed by atoms with E-state index in [-0.39, 0.29) is 10.5 Å². The summed E-state index contributed by atoms with van der Waals surface area (Å²) in [6.45, 7) is 1.70. The van der Waals surface area contributed by atoms with Crippen molar-refractivity contribution in [1.29, 1.82) is 0 Å². The summed E-state index contributed by atoms with van der Waals surface area (Å²) >= 11 is 0. The Morgan fingerprint density at radius 3 is 2.48 bits per heavy atom. The number of sulfonamides is 1. The van der Waals surface area contributed by atoms with Gasteiger partial charge in [-0.1, -0.05) is 30.3 Å². The van der Waals surface area contributed by atoms with E-state index in [0.29, 0.717) is 27.6 Å². The second-order valence-corrected chi connectivity index (χ2v) is 7.52. The van der Waals surface area contributed by atoms with Crippen molar-refractivity contribution < 1.29 is 8.42 Å². The molecule has 4 aromatic rings. The third kappa shape index (κ3) is 3.06. The highest BCUT2D eigenvalue weighted by molar-refractivity contribution is 7.92. The molecule has 136 valence electrons. The Labute approximate surface area is 153 Å². The van der Waals surface area contributed by atoms with Gasteiger partial charge in [0.1, 0.15) is 12.7 Å². The number of nitrogens with zero attached hydrogens (tertiary/aromatic N) is 4. The van der Waals surface area contributed by atoms with Crippen LogP contribution in [0.2, 0.25) is 0 Å². The molecule has 0 amide bonds. The molecule has 0 saturated heterocycles. The summed E-state index contributed by atoms with van der Waals surface area (Å²) in [6, 6.07) is 12.0. The largest absolute Gasteiger partial charge is 0.275 e. The molecule has 0 saturated carbocycles. The summed E-state index contributed by atoms with van der Waals surface area (Å²) in [5.41, 5.74) is 1.32. The number of nitrogens with one attached hydrogen (secondary N) is 2. The van der Waals surface area contributed by atoms with Crippen LogP contribution in [-0.2, 0) is 10.0 Å². The second kappa shape index (κ2) is 6.32. The number of hydrogen-bond acceptors (Lipinski definition) is 6. The van der Waals surface area contributed by atoms with Crippen molar-refractivity contribution >= 4 is 20.8 Å². The zero-order valence-corrected chi connectivity index (χ0v) is 14.9. The lowest BCUT2D eigenvalue weighted by Crippen LogP contribution is -2.22. The first-order chi connectivity index (χ1) is 13.0. The molecule has 0 aliphatic carbocycles. The highest BCUT2D eigenvalue weighted by Gasteiger charge is 2.19. The van der Waals surface area contributed by atoms with E-state index in [9.17, 15) is 13.2 Å². The maximum absolute atomic E-state index is 12.8. The number of fused-ring (bicyclic) bond motifs is 1. The SMILES string of the molecule is Cc1ccc(-c2n[nH]c(=O)c3ccccc23)cc1S(=O)(=O)Nn1cnnc1. The first kappa shape index (κ1) is 16.9. The van der Waals surface area contributed by atoms with Crippen molar-refractivity contribution in [2.24, 2.45) is 0 Å². The third-order valence-electron chi connectivity index (χ3n) is 4.09. The minimum absolute atomic E-state index is 0.0887. The van der Waals surface area contributed by atoms with Crippen molar-refractivity contribution in [2.45, 2.75) is 11.8 Å². The number of aromatic nitrogens is 5. The molecule has 27 heavy (non-hydrogen) atoms. The molecule has 0 radical (unpaired) electrons. The fourth-order valence-electron chi connectivity index (χ4n) is 2.81. The number of rotatable bonds is 4. The number of aryl methyl sites for hydroxylation is 1. The molecule has 0 spiro atoms. The second-order valence-electron chi connectivity index (χ2n) is 5.89. The Balaban J connectivity index is 1.87. The molecule has 0 bridgehead atoms. The van der Waals surface area contributed by atoms with Gasteiger partial charge in [0.05, 0.1) is 16.0 Å². The van der Waals surface area contributed by atoms with Crippen molar-refractivity contribution in [1.82, 2.24) is 25.1 Å². The van der Waals surface area contributed by atoms with Gasteiger partial charge >= 0.3 is 0 Å². The molecule has 0 aliphatic rings. The van der Waals surface area contributed by atoms with E-state index in [2.05, 4.69) is 25.2 Å². The van der Waals surface area contributed by atoms with Gasteiger partial charge in [-0.05, 0) is 24.6 Å². The Kier molecular flexibility index (Phi) is 3.96. The van der Waals surface area contributed by atoms with Gasteiger partial charge in [-0.25, -0.2) is 14.6 Å². The molecule has 2 N–H and O–H groups in total. The predicted octanol–water partition coefficient (Wildman–Crippen LogP) is 1.42. The van der Waals surface area contributed by atoms with Gasteiger partial charge < -0.3 is 0 Å².